The van der Waals surface area contributed by atoms with Crippen LogP contribution in [0, 0.1) is 6.92 Å². The summed E-state index contributed by atoms with van der Waals surface area (Å²) in [5.41, 5.74) is 1.94. The monoisotopic (exact) mass is 462 g/mol. The number of rotatable bonds is 4. The molecule has 0 bridgehead atoms. The molecule has 1 saturated carbocycles. The number of nitrogens with zero attached hydrogens (tertiary/aromatic N) is 2. The van der Waals surface area contributed by atoms with E-state index in [0.29, 0.717) is 31.5 Å². The van der Waals surface area contributed by atoms with Crippen molar-refractivity contribution in [1.29, 1.82) is 0 Å². The predicted molar refractivity (Wildman–Crippen MR) is 118 cm³/mol. The molecule has 2 aromatic rings. The third-order valence-electron chi connectivity index (χ3n) is 7.24. The van der Waals surface area contributed by atoms with Gasteiger partial charge >= 0.3 is 10.3 Å². The van der Waals surface area contributed by atoms with Crippen LogP contribution in [0.3, 0.4) is 0 Å². The van der Waals surface area contributed by atoms with E-state index in [9.17, 15) is 16.8 Å². The van der Waals surface area contributed by atoms with Gasteiger partial charge in [0.15, 0.2) is 0 Å². The number of fused-ring (bicyclic) bond motifs is 1. The Hall–Kier alpha value is -1.94. The molecule has 0 amide bonds. The van der Waals surface area contributed by atoms with E-state index in [0.717, 1.165) is 17.5 Å². The summed E-state index contributed by atoms with van der Waals surface area (Å²) in [6.45, 7) is 2.29. The highest BCUT2D eigenvalue weighted by molar-refractivity contribution is 7.89. The molecule has 0 unspecified atom stereocenters. The summed E-state index contributed by atoms with van der Waals surface area (Å²) in [6, 6.07) is 13.7. The van der Waals surface area contributed by atoms with E-state index >= 15 is 0 Å². The predicted octanol–water partition coefficient (Wildman–Crippen LogP) is 2.96. The summed E-state index contributed by atoms with van der Waals surface area (Å²) in [4.78, 5) is 0.282. The molecule has 0 radical (unpaired) electrons. The zero-order chi connectivity index (χ0) is 22.0. The molecule has 2 heterocycles. The van der Waals surface area contributed by atoms with Crippen LogP contribution in [0.25, 0.3) is 0 Å². The first-order valence-corrected chi connectivity index (χ1v) is 13.3. The minimum Gasteiger partial charge on any atom is -0.257 e. The molecule has 3 atom stereocenters. The molecule has 3 aliphatic rings. The summed E-state index contributed by atoms with van der Waals surface area (Å²) < 4.78 is 60.9. The lowest BCUT2D eigenvalue weighted by Crippen LogP contribution is -2.56. The first-order chi connectivity index (χ1) is 14.7. The number of hydrogen-bond acceptors (Lipinski definition) is 5. The fourth-order valence-corrected chi connectivity index (χ4v) is 8.84. The van der Waals surface area contributed by atoms with E-state index in [-0.39, 0.29) is 17.0 Å². The van der Waals surface area contributed by atoms with Crippen LogP contribution in [0.1, 0.15) is 36.8 Å². The lowest BCUT2D eigenvalue weighted by molar-refractivity contribution is 0.202. The van der Waals surface area contributed by atoms with E-state index < -0.39 is 25.7 Å². The minimum atomic E-state index is -3.97. The van der Waals surface area contributed by atoms with Gasteiger partial charge in [-0.15, -0.1) is 0 Å². The SMILES string of the molecule is COS(=O)(=O)N1c2ccccc2[C@]23CCN(S(=O)(=O)c4ccc(C)cc4)[C@H]2CCC[C@H]13. The van der Waals surface area contributed by atoms with Crippen molar-refractivity contribution in [2.75, 3.05) is 18.0 Å². The summed E-state index contributed by atoms with van der Waals surface area (Å²) in [5.74, 6) is 0. The van der Waals surface area contributed by atoms with Gasteiger partial charge in [0.25, 0.3) is 0 Å². The third kappa shape index (κ3) is 2.83. The Labute approximate surface area is 183 Å². The van der Waals surface area contributed by atoms with Crippen molar-refractivity contribution in [2.24, 2.45) is 0 Å². The normalized spacial score (nSPS) is 28.3. The first kappa shape index (κ1) is 20.9. The molecule has 9 heteroatoms. The average molecular weight is 463 g/mol. The fourth-order valence-electron chi connectivity index (χ4n) is 5.96. The van der Waals surface area contributed by atoms with Crippen LogP contribution in [0.4, 0.5) is 5.69 Å². The number of hydrogen-bond donors (Lipinski definition) is 0. The van der Waals surface area contributed by atoms with E-state index in [1.807, 2.05) is 25.1 Å². The van der Waals surface area contributed by atoms with Crippen molar-refractivity contribution in [1.82, 2.24) is 4.31 Å². The quantitative estimate of drug-likeness (QED) is 0.698. The van der Waals surface area contributed by atoms with Gasteiger partial charge < -0.3 is 0 Å². The zero-order valence-corrected chi connectivity index (χ0v) is 19.2. The van der Waals surface area contributed by atoms with E-state index in [1.165, 1.54) is 11.4 Å². The molecule has 2 aromatic carbocycles. The van der Waals surface area contributed by atoms with Crippen molar-refractivity contribution >= 4 is 26.0 Å². The molecule has 1 spiro atoms. The maximum Gasteiger partial charge on any atom is 0.362 e. The molecular formula is C22H26N2O5S2. The van der Waals surface area contributed by atoms with Gasteiger partial charge in [0.1, 0.15) is 0 Å². The van der Waals surface area contributed by atoms with Gasteiger partial charge in [0.05, 0.1) is 23.7 Å². The lowest BCUT2D eigenvalue weighted by Gasteiger charge is -2.45. The van der Waals surface area contributed by atoms with E-state index in [1.54, 1.807) is 34.6 Å². The second-order valence-electron chi connectivity index (χ2n) is 8.62. The van der Waals surface area contributed by atoms with Crippen LogP contribution >= 0.6 is 0 Å². The smallest absolute Gasteiger partial charge is 0.257 e. The van der Waals surface area contributed by atoms with Crippen LogP contribution in [-0.4, -0.2) is 46.9 Å². The molecule has 0 aromatic heterocycles. The van der Waals surface area contributed by atoms with Crippen LogP contribution in [0.5, 0.6) is 0 Å². The number of benzene rings is 2. The lowest BCUT2D eigenvalue weighted by atomic mass is 9.65. The van der Waals surface area contributed by atoms with Crippen molar-refractivity contribution in [3.05, 3.63) is 59.7 Å². The molecule has 0 N–H and O–H groups in total. The third-order valence-corrected chi connectivity index (χ3v) is 10.5. The number of para-hydroxylation sites is 1. The molecule has 1 saturated heterocycles. The van der Waals surface area contributed by atoms with Gasteiger partial charge in [0, 0.05) is 18.0 Å². The average Bonchev–Trinajstić information content (AvgIpc) is 3.30. The molecule has 5 rings (SSSR count). The Morgan fingerprint density at radius 2 is 1.65 bits per heavy atom. The highest BCUT2D eigenvalue weighted by Gasteiger charge is 2.64. The Kier molecular flexibility index (Phi) is 4.75. The van der Waals surface area contributed by atoms with Crippen molar-refractivity contribution in [2.45, 2.75) is 55.0 Å². The highest BCUT2D eigenvalue weighted by Crippen LogP contribution is 2.59. The standard InChI is InChI=1S/C22H26N2O5S2/c1-16-10-12-17(13-11-16)30(25,26)23-15-14-22-18-6-3-4-7-19(18)24(31(27,28)29-2)21(22)9-5-8-20(22)23/h3-4,6-7,10-13,20-21H,5,8-9,14-15H2,1-2H3/t20-,21-,22+/m0/s1. The van der Waals surface area contributed by atoms with Crippen molar-refractivity contribution in [3.8, 4) is 0 Å². The molecule has 166 valence electrons. The second kappa shape index (κ2) is 7.03. The summed E-state index contributed by atoms with van der Waals surface area (Å²) >= 11 is 0. The maximum atomic E-state index is 13.6. The molecule has 7 nitrogen and oxygen atoms in total. The van der Waals surface area contributed by atoms with E-state index in [2.05, 4.69) is 0 Å². The van der Waals surface area contributed by atoms with Gasteiger partial charge in [-0.05, 0) is 56.4 Å². The fraction of sp³-hybridized carbons (Fsp3) is 0.455. The summed E-state index contributed by atoms with van der Waals surface area (Å²) in [6.07, 6.45) is 2.71. The van der Waals surface area contributed by atoms with Crippen LogP contribution in [-0.2, 0) is 29.9 Å². The first-order valence-electron chi connectivity index (χ1n) is 10.5. The molecule has 2 aliphatic heterocycles. The largest absolute Gasteiger partial charge is 0.362 e. The van der Waals surface area contributed by atoms with Crippen molar-refractivity contribution < 1.29 is 21.0 Å². The van der Waals surface area contributed by atoms with Gasteiger partial charge in [-0.25, -0.2) is 12.7 Å². The second-order valence-corrected chi connectivity index (χ2v) is 12.1. The van der Waals surface area contributed by atoms with Gasteiger partial charge in [0.2, 0.25) is 10.0 Å². The Bertz CT molecular complexity index is 1230. The van der Waals surface area contributed by atoms with Crippen LogP contribution < -0.4 is 4.31 Å². The van der Waals surface area contributed by atoms with Gasteiger partial charge in [-0.3, -0.25) is 4.18 Å². The topological polar surface area (TPSA) is 84.0 Å². The number of aryl methyl sites for hydroxylation is 1. The molecule has 2 fully saturated rings. The van der Waals surface area contributed by atoms with Gasteiger partial charge in [-0.1, -0.05) is 35.9 Å². The number of sulfonamides is 1. The Balaban J connectivity index is 1.65. The van der Waals surface area contributed by atoms with Crippen LogP contribution in [0.15, 0.2) is 53.4 Å². The highest BCUT2D eigenvalue weighted by atomic mass is 32.2. The zero-order valence-electron chi connectivity index (χ0n) is 17.6. The Morgan fingerprint density at radius 3 is 2.35 bits per heavy atom. The van der Waals surface area contributed by atoms with E-state index in [4.69, 9.17) is 4.18 Å². The van der Waals surface area contributed by atoms with Crippen LogP contribution in [0.2, 0.25) is 0 Å². The summed E-state index contributed by atoms with van der Waals surface area (Å²) in [5, 5.41) is 0. The maximum absolute atomic E-state index is 13.6. The number of anilines is 1. The minimum absolute atomic E-state index is 0.282. The molecule has 31 heavy (non-hydrogen) atoms. The molecular weight excluding hydrogens is 436 g/mol. The Morgan fingerprint density at radius 1 is 0.968 bits per heavy atom. The van der Waals surface area contributed by atoms with Crippen molar-refractivity contribution in [3.63, 3.8) is 0 Å². The van der Waals surface area contributed by atoms with Gasteiger partial charge in [-0.2, -0.15) is 12.7 Å². The molecule has 1 aliphatic carbocycles. The summed E-state index contributed by atoms with van der Waals surface area (Å²) in [7, 11) is -6.49.